The van der Waals surface area contributed by atoms with Crippen LogP contribution < -0.4 is 5.73 Å². The lowest BCUT2D eigenvalue weighted by atomic mass is 9.92. The second-order valence-corrected chi connectivity index (χ2v) is 7.65. The number of rotatable bonds is 17. The Morgan fingerprint density at radius 3 is 1.48 bits per heavy atom. The van der Waals surface area contributed by atoms with Crippen molar-refractivity contribution in [2.45, 2.75) is 129 Å². The average Bonchev–Trinajstić information content (AvgIpc) is 2.57. The third-order valence-electron chi connectivity index (χ3n) is 5.47. The van der Waals surface area contributed by atoms with Crippen LogP contribution in [-0.4, -0.2) is 17.3 Å². The number of aliphatic hydroxyl groups excluding tert-OH is 1. The summed E-state index contributed by atoms with van der Waals surface area (Å²) in [5.74, 6) is 0.534. The standard InChI is InChI=1S/C21H45NO/c1-4-6-7-8-9-10-11-12-13-14-15-16-17-18-20(23)21(22)19(3)5-2/h19-21,23H,4-18,22H2,1-3H3/p+1/t19-,20+,21-/m0/s1. The molecule has 0 saturated heterocycles. The first-order valence-corrected chi connectivity index (χ1v) is 10.6. The van der Waals surface area contributed by atoms with E-state index >= 15 is 0 Å². The quantitative estimate of drug-likeness (QED) is 0.341. The van der Waals surface area contributed by atoms with Gasteiger partial charge in [0.2, 0.25) is 0 Å². The van der Waals surface area contributed by atoms with Gasteiger partial charge in [-0.1, -0.05) is 104 Å². The third kappa shape index (κ3) is 14.0. The van der Waals surface area contributed by atoms with Gasteiger partial charge in [0.05, 0.1) is 0 Å². The molecule has 0 aliphatic rings. The van der Waals surface area contributed by atoms with Crippen molar-refractivity contribution in [2.24, 2.45) is 5.92 Å². The van der Waals surface area contributed by atoms with Gasteiger partial charge in [-0.25, -0.2) is 0 Å². The summed E-state index contributed by atoms with van der Waals surface area (Å²) in [5.41, 5.74) is 4.14. The molecule has 0 bridgehead atoms. The highest BCUT2D eigenvalue weighted by atomic mass is 16.3. The molecule has 2 heteroatoms. The molecular formula is C21H46NO+. The van der Waals surface area contributed by atoms with Crippen LogP contribution in [0.2, 0.25) is 0 Å². The maximum atomic E-state index is 10.1. The lowest BCUT2D eigenvalue weighted by molar-refractivity contribution is -0.450. The molecule has 0 saturated carbocycles. The highest BCUT2D eigenvalue weighted by Crippen LogP contribution is 2.15. The highest BCUT2D eigenvalue weighted by molar-refractivity contribution is 4.70. The van der Waals surface area contributed by atoms with Gasteiger partial charge in [-0.15, -0.1) is 0 Å². The molecule has 0 fully saturated rings. The summed E-state index contributed by atoms with van der Waals surface area (Å²) < 4.78 is 0. The normalized spacial score (nSPS) is 15.5. The molecule has 0 aromatic heterocycles. The average molecular weight is 329 g/mol. The maximum Gasteiger partial charge on any atom is 0.113 e. The molecule has 0 aromatic carbocycles. The Hall–Kier alpha value is -0.0800. The third-order valence-corrected chi connectivity index (χ3v) is 5.47. The molecule has 4 N–H and O–H groups in total. The maximum absolute atomic E-state index is 10.1. The van der Waals surface area contributed by atoms with Crippen LogP contribution in [-0.2, 0) is 0 Å². The zero-order valence-corrected chi connectivity index (χ0v) is 16.5. The minimum absolute atomic E-state index is 0.197. The molecule has 0 amide bonds. The first kappa shape index (κ1) is 22.9. The number of hydrogen-bond donors (Lipinski definition) is 2. The van der Waals surface area contributed by atoms with Gasteiger partial charge in [-0.2, -0.15) is 0 Å². The summed E-state index contributed by atoms with van der Waals surface area (Å²) in [6.07, 6.45) is 19.8. The largest absolute Gasteiger partial charge is 0.387 e. The van der Waals surface area contributed by atoms with E-state index in [1.54, 1.807) is 0 Å². The molecule has 0 spiro atoms. The van der Waals surface area contributed by atoms with Gasteiger partial charge in [0.1, 0.15) is 12.1 Å². The smallest absolute Gasteiger partial charge is 0.113 e. The Morgan fingerprint density at radius 2 is 1.09 bits per heavy atom. The minimum Gasteiger partial charge on any atom is -0.387 e. The molecule has 140 valence electrons. The fourth-order valence-corrected chi connectivity index (χ4v) is 3.27. The van der Waals surface area contributed by atoms with Crippen molar-refractivity contribution in [3.05, 3.63) is 0 Å². The number of hydrogen-bond acceptors (Lipinski definition) is 1. The van der Waals surface area contributed by atoms with Crippen LogP contribution in [0, 0.1) is 5.92 Å². The SMILES string of the molecule is CCCCCCCCCCCCCCC[C@@H](O)[C@@H]([NH3+])[C@@H](C)CC. The molecular weight excluding hydrogens is 282 g/mol. The van der Waals surface area contributed by atoms with Crippen molar-refractivity contribution in [3.63, 3.8) is 0 Å². The zero-order valence-electron chi connectivity index (χ0n) is 16.5. The van der Waals surface area contributed by atoms with Crippen molar-refractivity contribution in [1.82, 2.24) is 0 Å². The number of unbranched alkanes of at least 4 members (excludes halogenated alkanes) is 12. The van der Waals surface area contributed by atoms with E-state index in [2.05, 4.69) is 26.5 Å². The van der Waals surface area contributed by atoms with Gasteiger partial charge >= 0.3 is 0 Å². The zero-order chi connectivity index (χ0) is 17.3. The van der Waals surface area contributed by atoms with E-state index in [1.807, 2.05) is 0 Å². The van der Waals surface area contributed by atoms with E-state index in [1.165, 1.54) is 83.5 Å². The lowest BCUT2D eigenvalue weighted by Crippen LogP contribution is -2.69. The Kier molecular flexibility index (Phi) is 16.7. The lowest BCUT2D eigenvalue weighted by Gasteiger charge is -2.20. The van der Waals surface area contributed by atoms with E-state index in [0.29, 0.717) is 5.92 Å². The predicted octanol–water partition coefficient (Wildman–Crippen LogP) is 5.49. The number of aliphatic hydroxyl groups is 1. The Morgan fingerprint density at radius 1 is 0.696 bits per heavy atom. The topological polar surface area (TPSA) is 47.9 Å². The first-order valence-electron chi connectivity index (χ1n) is 10.6. The summed E-state index contributed by atoms with van der Waals surface area (Å²) in [7, 11) is 0. The Labute approximate surface area is 146 Å². The van der Waals surface area contributed by atoms with E-state index in [9.17, 15) is 5.11 Å². The molecule has 0 radical (unpaired) electrons. The molecule has 23 heavy (non-hydrogen) atoms. The van der Waals surface area contributed by atoms with Crippen molar-refractivity contribution < 1.29 is 10.8 Å². The van der Waals surface area contributed by atoms with Gasteiger partial charge in [0.25, 0.3) is 0 Å². The van der Waals surface area contributed by atoms with Crippen LogP contribution in [0.4, 0.5) is 0 Å². The van der Waals surface area contributed by atoms with Crippen LogP contribution in [0.25, 0.3) is 0 Å². The van der Waals surface area contributed by atoms with Crippen molar-refractivity contribution in [2.75, 3.05) is 0 Å². The molecule has 0 aromatic rings. The van der Waals surface area contributed by atoms with E-state index in [-0.39, 0.29) is 12.1 Å². The van der Waals surface area contributed by atoms with Gasteiger partial charge < -0.3 is 10.8 Å². The monoisotopic (exact) mass is 328 g/mol. The summed E-state index contributed by atoms with van der Waals surface area (Å²) in [6.45, 7) is 6.66. The van der Waals surface area contributed by atoms with Gasteiger partial charge in [0.15, 0.2) is 0 Å². The summed E-state index contributed by atoms with van der Waals surface area (Å²) >= 11 is 0. The van der Waals surface area contributed by atoms with Crippen LogP contribution in [0.5, 0.6) is 0 Å². The van der Waals surface area contributed by atoms with Gasteiger partial charge in [-0.3, -0.25) is 0 Å². The van der Waals surface area contributed by atoms with Crippen molar-refractivity contribution in [3.8, 4) is 0 Å². The summed E-state index contributed by atoms with van der Waals surface area (Å²) in [6, 6.07) is 0.206. The molecule has 0 aliphatic carbocycles. The van der Waals surface area contributed by atoms with E-state index in [0.717, 1.165) is 12.8 Å². The van der Waals surface area contributed by atoms with Crippen LogP contribution in [0.1, 0.15) is 117 Å². The summed E-state index contributed by atoms with van der Waals surface area (Å²) in [4.78, 5) is 0. The molecule has 3 atom stereocenters. The van der Waals surface area contributed by atoms with Crippen LogP contribution in [0.15, 0.2) is 0 Å². The molecule has 2 nitrogen and oxygen atoms in total. The molecule has 0 rings (SSSR count). The number of quaternary nitrogens is 1. The van der Waals surface area contributed by atoms with Crippen molar-refractivity contribution in [1.29, 1.82) is 0 Å². The van der Waals surface area contributed by atoms with Crippen molar-refractivity contribution >= 4 is 0 Å². The Bertz CT molecular complexity index is 232. The van der Waals surface area contributed by atoms with Gasteiger partial charge in [0, 0.05) is 5.92 Å². The van der Waals surface area contributed by atoms with Crippen LogP contribution >= 0.6 is 0 Å². The Balaban J connectivity index is 3.24. The van der Waals surface area contributed by atoms with Crippen LogP contribution in [0.3, 0.4) is 0 Å². The van der Waals surface area contributed by atoms with Gasteiger partial charge in [-0.05, 0) is 12.8 Å². The fourth-order valence-electron chi connectivity index (χ4n) is 3.27. The minimum atomic E-state index is -0.197. The molecule has 0 aliphatic heterocycles. The van der Waals surface area contributed by atoms with E-state index in [4.69, 9.17) is 0 Å². The van der Waals surface area contributed by atoms with E-state index < -0.39 is 0 Å². The predicted molar refractivity (Wildman–Crippen MR) is 102 cm³/mol. The fraction of sp³-hybridized carbons (Fsp3) is 1.00. The second kappa shape index (κ2) is 16.8. The molecule has 0 heterocycles. The summed E-state index contributed by atoms with van der Waals surface area (Å²) in [5, 5.41) is 10.1. The second-order valence-electron chi connectivity index (χ2n) is 7.65. The molecule has 0 unspecified atom stereocenters. The highest BCUT2D eigenvalue weighted by Gasteiger charge is 2.22. The first-order chi connectivity index (χ1) is 11.1.